The molecule has 0 saturated carbocycles. The fourth-order valence-electron chi connectivity index (χ4n) is 4.22. The summed E-state index contributed by atoms with van der Waals surface area (Å²) < 4.78 is 16.4. The minimum Gasteiger partial charge on any atom is -0.493 e. The molecule has 0 bridgehead atoms. The maximum absolute atomic E-state index is 13.2. The summed E-state index contributed by atoms with van der Waals surface area (Å²) in [6.45, 7) is 2.59. The fraction of sp³-hybridized carbons (Fsp3) is 0.448. The zero-order chi connectivity index (χ0) is 28.9. The molecular formula is C29H38N4O7. The Balaban J connectivity index is 1.67. The quantitative estimate of drug-likeness (QED) is 0.382. The van der Waals surface area contributed by atoms with Crippen LogP contribution in [0.5, 0.6) is 17.2 Å². The lowest BCUT2D eigenvalue weighted by atomic mass is 10.1. The van der Waals surface area contributed by atoms with Gasteiger partial charge in [0.2, 0.25) is 17.7 Å². The van der Waals surface area contributed by atoms with Crippen LogP contribution < -0.4 is 35.5 Å². The average molecular weight is 555 g/mol. The van der Waals surface area contributed by atoms with E-state index >= 15 is 0 Å². The van der Waals surface area contributed by atoms with Gasteiger partial charge in [-0.3, -0.25) is 19.2 Å². The average Bonchev–Trinajstić information content (AvgIpc) is 2.96. The molecule has 216 valence electrons. The van der Waals surface area contributed by atoms with E-state index in [0.29, 0.717) is 49.6 Å². The Kier molecular flexibility index (Phi) is 11.6. The molecule has 2 aromatic carbocycles. The number of carbonyl (C=O) groups excluding carboxylic acids is 4. The predicted molar refractivity (Wildman–Crippen MR) is 149 cm³/mol. The molecule has 11 nitrogen and oxygen atoms in total. The number of nitrogens with one attached hydrogen (secondary N) is 4. The van der Waals surface area contributed by atoms with Gasteiger partial charge in [-0.25, -0.2) is 0 Å². The summed E-state index contributed by atoms with van der Waals surface area (Å²) in [5, 5.41) is 11.0. The van der Waals surface area contributed by atoms with Crippen LogP contribution in [0.25, 0.3) is 0 Å². The van der Waals surface area contributed by atoms with Gasteiger partial charge in [-0.15, -0.1) is 0 Å². The largest absolute Gasteiger partial charge is 0.493 e. The smallest absolute Gasteiger partial charge is 0.255 e. The lowest BCUT2D eigenvalue weighted by Gasteiger charge is -2.21. The highest BCUT2D eigenvalue weighted by Crippen LogP contribution is 2.28. The Morgan fingerprint density at radius 1 is 1.05 bits per heavy atom. The Morgan fingerprint density at radius 3 is 2.60 bits per heavy atom. The third-order valence-electron chi connectivity index (χ3n) is 6.45. The SMILES string of the molecule is COc1ccc(CCCNC(=O)[C@@H]2CCC(=O)N[C@@H](C)C(=O)NCCCOc3ccccc3C(=O)N2)cc1OC. The lowest BCUT2D eigenvalue weighted by Crippen LogP contribution is -2.49. The van der Waals surface area contributed by atoms with Crippen LogP contribution in [0.4, 0.5) is 0 Å². The Labute approximate surface area is 234 Å². The van der Waals surface area contributed by atoms with Gasteiger partial charge in [0.25, 0.3) is 5.91 Å². The maximum Gasteiger partial charge on any atom is 0.255 e. The number of ether oxygens (including phenoxy) is 3. The molecular weight excluding hydrogens is 516 g/mol. The first-order chi connectivity index (χ1) is 19.3. The molecule has 0 unspecified atom stereocenters. The number of methoxy groups -OCH3 is 2. The molecule has 4 amide bonds. The summed E-state index contributed by atoms with van der Waals surface area (Å²) in [4.78, 5) is 51.1. The van der Waals surface area contributed by atoms with Crippen molar-refractivity contribution >= 4 is 23.6 Å². The van der Waals surface area contributed by atoms with Crippen molar-refractivity contribution in [2.75, 3.05) is 33.9 Å². The van der Waals surface area contributed by atoms with Gasteiger partial charge >= 0.3 is 0 Å². The number of carbonyl (C=O) groups is 4. The molecule has 0 radical (unpaired) electrons. The van der Waals surface area contributed by atoms with Crippen LogP contribution in [-0.4, -0.2) is 69.6 Å². The molecule has 2 atom stereocenters. The van der Waals surface area contributed by atoms with Crippen molar-refractivity contribution in [2.45, 2.75) is 51.1 Å². The van der Waals surface area contributed by atoms with Crippen LogP contribution in [0.1, 0.15) is 48.5 Å². The molecule has 0 fully saturated rings. The van der Waals surface area contributed by atoms with E-state index in [1.54, 1.807) is 45.4 Å². The second kappa shape index (κ2) is 15.3. The van der Waals surface area contributed by atoms with Crippen LogP contribution in [0.15, 0.2) is 42.5 Å². The van der Waals surface area contributed by atoms with Crippen molar-refractivity contribution in [1.82, 2.24) is 21.3 Å². The summed E-state index contributed by atoms with van der Waals surface area (Å²) in [6, 6.07) is 10.7. The number of aryl methyl sites for hydroxylation is 1. The van der Waals surface area contributed by atoms with E-state index in [4.69, 9.17) is 14.2 Å². The van der Waals surface area contributed by atoms with Gasteiger partial charge in [-0.05, 0) is 62.4 Å². The summed E-state index contributed by atoms with van der Waals surface area (Å²) in [7, 11) is 3.15. The highest BCUT2D eigenvalue weighted by atomic mass is 16.5. The molecule has 1 aliphatic rings. The van der Waals surface area contributed by atoms with Gasteiger partial charge in [0.15, 0.2) is 11.5 Å². The van der Waals surface area contributed by atoms with Crippen molar-refractivity contribution in [3.8, 4) is 17.2 Å². The van der Waals surface area contributed by atoms with Gasteiger partial charge in [-0.2, -0.15) is 0 Å². The van der Waals surface area contributed by atoms with Crippen molar-refractivity contribution in [3.05, 3.63) is 53.6 Å². The van der Waals surface area contributed by atoms with Crippen LogP contribution in [0, 0.1) is 0 Å². The van der Waals surface area contributed by atoms with Crippen molar-refractivity contribution in [3.63, 3.8) is 0 Å². The summed E-state index contributed by atoms with van der Waals surface area (Å²) in [5.41, 5.74) is 1.30. The first-order valence-corrected chi connectivity index (χ1v) is 13.4. The normalized spacial score (nSPS) is 18.7. The second-order valence-electron chi connectivity index (χ2n) is 9.43. The zero-order valence-electron chi connectivity index (χ0n) is 23.2. The summed E-state index contributed by atoms with van der Waals surface area (Å²) in [5.74, 6) is 0.0676. The fourth-order valence-corrected chi connectivity index (χ4v) is 4.22. The molecule has 0 spiro atoms. The minimum absolute atomic E-state index is 0.0520. The number of benzene rings is 2. The molecule has 2 aromatic rings. The zero-order valence-corrected chi connectivity index (χ0v) is 23.2. The van der Waals surface area contributed by atoms with Crippen LogP contribution in [0.3, 0.4) is 0 Å². The summed E-state index contributed by atoms with van der Waals surface area (Å²) in [6.07, 6.45) is 1.84. The van der Waals surface area contributed by atoms with Crippen LogP contribution >= 0.6 is 0 Å². The maximum atomic E-state index is 13.2. The Hall–Kier alpha value is -4.28. The van der Waals surface area contributed by atoms with E-state index in [-0.39, 0.29) is 36.8 Å². The molecule has 3 rings (SSSR count). The topological polar surface area (TPSA) is 144 Å². The molecule has 1 heterocycles. The number of fused-ring (bicyclic) bond motifs is 1. The Morgan fingerprint density at radius 2 is 1.82 bits per heavy atom. The predicted octanol–water partition coefficient (Wildman–Crippen LogP) is 1.73. The van der Waals surface area contributed by atoms with Crippen LogP contribution in [0.2, 0.25) is 0 Å². The molecule has 0 aliphatic carbocycles. The minimum atomic E-state index is -0.968. The van der Waals surface area contributed by atoms with E-state index in [9.17, 15) is 19.2 Å². The van der Waals surface area contributed by atoms with Gasteiger partial charge in [-0.1, -0.05) is 18.2 Å². The second-order valence-corrected chi connectivity index (χ2v) is 9.43. The van der Waals surface area contributed by atoms with Gasteiger partial charge < -0.3 is 35.5 Å². The first kappa shape index (κ1) is 30.3. The van der Waals surface area contributed by atoms with Crippen molar-refractivity contribution in [1.29, 1.82) is 0 Å². The number of hydrogen-bond acceptors (Lipinski definition) is 7. The number of hydrogen-bond donors (Lipinski definition) is 4. The van der Waals surface area contributed by atoms with E-state index in [2.05, 4.69) is 21.3 Å². The van der Waals surface area contributed by atoms with Crippen LogP contribution in [-0.2, 0) is 20.8 Å². The van der Waals surface area contributed by atoms with E-state index in [1.807, 2.05) is 18.2 Å². The van der Waals surface area contributed by atoms with Gasteiger partial charge in [0.05, 0.1) is 26.4 Å². The number of amides is 4. The van der Waals surface area contributed by atoms with Gasteiger partial charge in [0.1, 0.15) is 17.8 Å². The molecule has 0 aromatic heterocycles. The molecule has 1 aliphatic heterocycles. The molecule has 4 N–H and O–H groups in total. The van der Waals surface area contributed by atoms with Gasteiger partial charge in [0, 0.05) is 19.5 Å². The highest BCUT2D eigenvalue weighted by molar-refractivity contribution is 5.99. The molecule has 11 heteroatoms. The third-order valence-corrected chi connectivity index (χ3v) is 6.45. The number of para-hydroxylation sites is 1. The molecule has 0 saturated heterocycles. The standard InChI is InChI=1S/C29H38N4O7/c1-19-27(35)30-16-7-17-40-23-10-5-4-9-21(23)28(36)33-22(12-14-26(34)32-19)29(37)31-15-6-8-20-11-13-24(38-2)25(18-20)39-3/h4-5,9-11,13,18-19,22H,6-8,12,14-17H2,1-3H3,(H,30,35)(H,31,37)(H,32,34)(H,33,36)/t19-,22-/m0/s1. The summed E-state index contributed by atoms with van der Waals surface area (Å²) >= 11 is 0. The monoisotopic (exact) mass is 554 g/mol. The third kappa shape index (κ3) is 8.89. The highest BCUT2D eigenvalue weighted by Gasteiger charge is 2.25. The molecule has 40 heavy (non-hydrogen) atoms. The first-order valence-electron chi connectivity index (χ1n) is 13.4. The van der Waals surface area contributed by atoms with Crippen molar-refractivity contribution in [2.24, 2.45) is 0 Å². The lowest BCUT2D eigenvalue weighted by molar-refractivity contribution is -0.129. The van der Waals surface area contributed by atoms with Crippen molar-refractivity contribution < 1.29 is 33.4 Å². The number of rotatable bonds is 7. The van der Waals surface area contributed by atoms with E-state index in [1.165, 1.54) is 0 Å². The van der Waals surface area contributed by atoms with E-state index < -0.39 is 23.9 Å². The Bertz CT molecular complexity index is 1190. The van der Waals surface area contributed by atoms with E-state index in [0.717, 1.165) is 5.56 Å².